The molecular weight excluding hydrogens is 462 g/mol. The lowest BCUT2D eigenvalue weighted by molar-refractivity contribution is -0.131. The van der Waals surface area contributed by atoms with Crippen LogP contribution in [0.4, 0.5) is 17.1 Å². The Morgan fingerprint density at radius 2 is 1.69 bits per heavy atom. The van der Waals surface area contributed by atoms with Gasteiger partial charge in [-0.1, -0.05) is 60.1 Å². The number of carboxylic acid groups (broad SMARTS) is 1. The highest BCUT2D eigenvalue weighted by Gasteiger charge is 2.30. The quantitative estimate of drug-likeness (QED) is 0.284. The minimum Gasteiger partial charge on any atom is -0.478 e. The molecule has 6 nitrogen and oxygen atoms in total. The van der Waals surface area contributed by atoms with Crippen LogP contribution >= 0.6 is 11.6 Å². The van der Waals surface area contributed by atoms with E-state index < -0.39 is 5.97 Å². The van der Waals surface area contributed by atoms with Crippen LogP contribution < -0.4 is 15.1 Å². The summed E-state index contributed by atoms with van der Waals surface area (Å²) >= 11 is 6.43. The number of nitrogens with zero attached hydrogens (tertiary/aromatic N) is 2. The van der Waals surface area contributed by atoms with Gasteiger partial charge < -0.3 is 20.2 Å². The number of anilines is 3. The summed E-state index contributed by atoms with van der Waals surface area (Å²) in [6, 6.07) is 23.4. The number of carbonyl (C=O) groups excluding carboxylic acids is 1. The monoisotopic (exact) mass is 489 g/mol. The lowest BCUT2D eigenvalue weighted by Crippen LogP contribution is -2.29. The summed E-state index contributed by atoms with van der Waals surface area (Å²) in [4.78, 5) is 28.3. The minimum atomic E-state index is -0.945. The first-order valence-electron chi connectivity index (χ1n) is 11.7. The van der Waals surface area contributed by atoms with Gasteiger partial charge in [0.1, 0.15) is 0 Å². The molecule has 1 heterocycles. The number of aliphatic carboxylic acids is 1. The number of rotatable bonds is 10. The molecule has 0 unspecified atom stereocenters. The lowest BCUT2D eigenvalue weighted by atomic mass is 10.1. The maximum absolute atomic E-state index is 13.8. The molecule has 180 valence electrons. The maximum atomic E-state index is 13.8. The molecule has 0 bridgehead atoms. The molecule has 4 rings (SSSR count). The zero-order valence-electron chi connectivity index (χ0n) is 19.4. The van der Waals surface area contributed by atoms with Gasteiger partial charge in [0, 0.05) is 24.2 Å². The van der Waals surface area contributed by atoms with Crippen LogP contribution in [0.5, 0.6) is 0 Å². The molecule has 35 heavy (non-hydrogen) atoms. The van der Waals surface area contributed by atoms with Crippen molar-refractivity contribution in [3.05, 3.63) is 101 Å². The van der Waals surface area contributed by atoms with E-state index >= 15 is 0 Å². The summed E-state index contributed by atoms with van der Waals surface area (Å²) in [6.07, 6.45) is 4.51. The van der Waals surface area contributed by atoms with Gasteiger partial charge in [0.25, 0.3) is 5.91 Å². The number of hydrogen-bond acceptors (Lipinski definition) is 4. The fourth-order valence-corrected chi connectivity index (χ4v) is 4.41. The van der Waals surface area contributed by atoms with Crippen LogP contribution in [-0.4, -0.2) is 36.6 Å². The summed E-state index contributed by atoms with van der Waals surface area (Å²) in [5.41, 5.74) is 4.32. The lowest BCUT2D eigenvalue weighted by Gasteiger charge is -2.28. The predicted octanol–water partition coefficient (Wildman–Crippen LogP) is 5.65. The second-order valence-electron chi connectivity index (χ2n) is 8.33. The van der Waals surface area contributed by atoms with Crippen molar-refractivity contribution in [3.8, 4) is 0 Å². The summed E-state index contributed by atoms with van der Waals surface area (Å²) in [7, 11) is 0. The second-order valence-corrected chi connectivity index (χ2v) is 8.77. The van der Waals surface area contributed by atoms with Crippen LogP contribution in [0.1, 0.15) is 28.8 Å². The van der Waals surface area contributed by atoms with Crippen LogP contribution in [0.3, 0.4) is 0 Å². The van der Waals surface area contributed by atoms with Gasteiger partial charge in [0.05, 0.1) is 29.2 Å². The highest BCUT2D eigenvalue weighted by molar-refractivity contribution is 6.31. The van der Waals surface area contributed by atoms with E-state index in [-0.39, 0.29) is 5.91 Å². The molecule has 0 spiro atoms. The van der Waals surface area contributed by atoms with Gasteiger partial charge in [-0.15, -0.1) is 0 Å². The normalized spacial score (nSPS) is 13.0. The van der Waals surface area contributed by atoms with Crippen molar-refractivity contribution in [2.45, 2.75) is 19.4 Å². The summed E-state index contributed by atoms with van der Waals surface area (Å²) < 4.78 is 0. The number of benzene rings is 3. The molecule has 7 heteroatoms. The van der Waals surface area contributed by atoms with Crippen molar-refractivity contribution < 1.29 is 14.7 Å². The number of nitrogens with one attached hydrogen (secondary N) is 1. The molecule has 0 saturated heterocycles. The molecule has 3 aromatic carbocycles. The zero-order valence-corrected chi connectivity index (χ0v) is 20.1. The fraction of sp³-hybridized carbons (Fsp3) is 0.214. The number of para-hydroxylation sites is 1. The van der Waals surface area contributed by atoms with Crippen LogP contribution in [0.25, 0.3) is 0 Å². The van der Waals surface area contributed by atoms with E-state index in [4.69, 9.17) is 16.7 Å². The van der Waals surface area contributed by atoms with E-state index in [0.29, 0.717) is 30.2 Å². The van der Waals surface area contributed by atoms with Crippen molar-refractivity contribution in [2.75, 3.05) is 29.4 Å². The molecular formula is C28H28ClN3O3. The van der Waals surface area contributed by atoms with Gasteiger partial charge in [-0.3, -0.25) is 4.79 Å². The fourth-order valence-electron chi connectivity index (χ4n) is 4.24. The average Bonchev–Trinajstić information content (AvgIpc) is 2.95. The van der Waals surface area contributed by atoms with E-state index in [9.17, 15) is 9.59 Å². The zero-order chi connectivity index (χ0) is 24.6. The van der Waals surface area contributed by atoms with Crippen molar-refractivity contribution >= 4 is 40.5 Å². The molecule has 3 aromatic rings. The van der Waals surface area contributed by atoms with E-state index in [1.54, 1.807) is 6.08 Å². The number of hydrogen-bond donors (Lipinski definition) is 2. The van der Waals surface area contributed by atoms with E-state index in [0.717, 1.165) is 48.1 Å². The maximum Gasteiger partial charge on any atom is 0.328 e. The van der Waals surface area contributed by atoms with Crippen LogP contribution in [0, 0.1) is 0 Å². The Labute approximate surface area is 210 Å². The number of unbranched alkanes of at least 4 members (excludes halogenated alkanes) is 1. The number of halogens is 1. The highest BCUT2D eigenvalue weighted by Crippen LogP contribution is 2.42. The molecule has 2 N–H and O–H groups in total. The van der Waals surface area contributed by atoms with Crippen LogP contribution in [-0.2, 0) is 11.3 Å². The Hall–Kier alpha value is -3.61. The molecule has 0 radical (unpaired) electrons. The van der Waals surface area contributed by atoms with Crippen molar-refractivity contribution in [1.82, 2.24) is 5.32 Å². The first-order chi connectivity index (χ1) is 17.0. The van der Waals surface area contributed by atoms with Gasteiger partial charge >= 0.3 is 5.97 Å². The first kappa shape index (κ1) is 24.5. The third kappa shape index (κ3) is 6.10. The predicted molar refractivity (Wildman–Crippen MR) is 141 cm³/mol. The third-order valence-corrected chi connectivity index (χ3v) is 6.12. The van der Waals surface area contributed by atoms with Gasteiger partial charge in [-0.25, -0.2) is 4.79 Å². The molecule has 0 aliphatic carbocycles. The van der Waals surface area contributed by atoms with Gasteiger partial charge in [0.15, 0.2) is 0 Å². The van der Waals surface area contributed by atoms with Gasteiger partial charge in [-0.05, 0) is 55.3 Å². The van der Waals surface area contributed by atoms with E-state index in [2.05, 4.69) is 10.2 Å². The summed E-state index contributed by atoms with van der Waals surface area (Å²) in [5.74, 6) is -0.984. The number of amides is 1. The average molecular weight is 490 g/mol. The molecule has 0 fully saturated rings. The summed E-state index contributed by atoms with van der Waals surface area (Å²) in [5, 5.41) is 12.5. The van der Waals surface area contributed by atoms with Gasteiger partial charge in [0.2, 0.25) is 0 Å². The number of fused-ring (bicyclic) bond motifs is 2. The Bertz CT molecular complexity index is 1210. The first-order valence-corrected chi connectivity index (χ1v) is 12.0. The number of carbonyl (C=O) groups is 2. The Kier molecular flexibility index (Phi) is 8.19. The minimum absolute atomic E-state index is 0.0394. The SMILES string of the molecule is O=C(O)/C=C/CNCCCCN1c2ccccc2C(=O)N(Cc2ccccc2)c2ccc(Cl)cc21. The van der Waals surface area contributed by atoms with Crippen molar-refractivity contribution in [3.63, 3.8) is 0 Å². The van der Waals surface area contributed by atoms with Crippen LogP contribution in [0.2, 0.25) is 5.02 Å². The van der Waals surface area contributed by atoms with Crippen molar-refractivity contribution in [2.24, 2.45) is 0 Å². The van der Waals surface area contributed by atoms with Crippen LogP contribution in [0.15, 0.2) is 84.9 Å². The Balaban J connectivity index is 1.59. The second kappa shape index (κ2) is 11.7. The van der Waals surface area contributed by atoms with E-state index in [1.807, 2.05) is 77.7 Å². The molecule has 0 atom stereocenters. The molecule has 1 aliphatic heterocycles. The van der Waals surface area contributed by atoms with E-state index in [1.165, 1.54) is 0 Å². The largest absolute Gasteiger partial charge is 0.478 e. The molecule has 0 saturated carbocycles. The molecule has 1 amide bonds. The number of carboxylic acids is 1. The topological polar surface area (TPSA) is 72.9 Å². The smallest absolute Gasteiger partial charge is 0.328 e. The highest BCUT2D eigenvalue weighted by atomic mass is 35.5. The Morgan fingerprint density at radius 3 is 2.49 bits per heavy atom. The molecule has 0 aromatic heterocycles. The van der Waals surface area contributed by atoms with Crippen molar-refractivity contribution in [1.29, 1.82) is 0 Å². The summed E-state index contributed by atoms with van der Waals surface area (Å²) in [6.45, 7) is 2.45. The van der Waals surface area contributed by atoms with Gasteiger partial charge in [-0.2, -0.15) is 0 Å². The third-order valence-electron chi connectivity index (χ3n) is 5.88. The Morgan fingerprint density at radius 1 is 0.914 bits per heavy atom. The standard InChI is InChI=1S/C28H28ClN3O3/c29-22-14-15-25-26(19-22)31(18-7-6-16-30-17-8-13-27(33)34)24-12-5-4-11-23(24)28(35)32(25)20-21-9-2-1-3-10-21/h1-5,8-15,19,30H,6-7,16-18,20H2,(H,33,34)/b13-8+. The molecule has 1 aliphatic rings.